The molecule has 7 nitrogen and oxygen atoms in total. The summed E-state index contributed by atoms with van der Waals surface area (Å²) >= 11 is 5.76. The summed E-state index contributed by atoms with van der Waals surface area (Å²) in [5.74, 6) is 1.45. The normalized spacial score (nSPS) is 10.5. The Morgan fingerprint density at radius 3 is 3.12 bits per heavy atom. The zero-order valence-corrected chi connectivity index (χ0v) is 9.78. The first-order valence-corrected chi connectivity index (χ1v) is 5.31. The molecule has 0 aliphatic carbocycles. The molecule has 0 atom stereocenters. The number of nitrogens with zero attached hydrogens (tertiary/aromatic N) is 3. The average molecular weight is 256 g/mol. The molecule has 2 aromatic heterocycles. The molecule has 8 heteroatoms. The maximum Gasteiger partial charge on any atom is 0.271 e. The van der Waals surface area contributed by atoms with Crippen molar-refractivity contribution >= 4 is 17.4 Å². The Labute approximate surface area is 101 Å². The van der Waals surface area contributed by atoms with Gasteiger partial charge in [-0.05, 0) is 6.92 Å². The molecule has 2 N–H and O–H groups in total. The Bertz CT molecular complexity index is 565. The average Bonchev–Trinajstić information content (AvgIpc) is 2.70. The molecule has 0 amide bonds. The van der Waals surface area contributed by atoms with Crippen molar-refractivity contribution in [3.63, 3.8) is 0 Å². The van der Waals surface area contributed by atoms with E-state index in [0.717, 1.165) is 0 Å². The first kappa shape index (κ1) is 11.6. The van der Waals surface area contributed by atoms with Crippen LogP contribution in [0, 0.1) is 6.92 Å². The van der Waals surface area contributed by atoms with Crippen molar-refractivity contribution in [1.82, 2.24) is 20.1 Å². The van der Waals surface area contributed by atoms with Crippen LogP contribution in [0.1, 0.15) is 11.7 Å². The summed E-state index contributed by atoms with van der Waals surface area (Å²) in [4.78, 5) is 21.5. The van der Waals surface area contributed by atoms with Crippen molar-refractivity contribution in [1.29, 1.82) is 0 Å². The predicted octanol–water partition coefficient (Wildman–Crippen LogP) is 0.769. The van der Waals surface area contributed by atoms with Gasteiger partial charge in [-0.15, -0.1) is 0 Å². The number of halogens is 1. The fourth-order valence-electron chi connectivity index (χ4n) is 1.24. The summed E-state index contributed by atoms with van der Waals surface area (Å²) in [7, 11) is 0. The highest BCUT2D eigenvalue weighted by Gasteiger charge is 2.06. The van der Waals surface area contributed by atoms with Crippen molar-refractivity contribution in [2.24, 2.45) is 0 Å². The molecule has 0 radical (unpaired) electrons. The molecule has 0 spiro atoms. The van der Waals surface area contributed by atoms with Crippen molar-refractivity contribution in [3.8, 4) is 0 Å². The first-order valence-electron chi connectivity index (χ1n) is 4.93. The molecule has 0 aliphatic rings. The quantitative estimate of drug-likeness (QED) is 0.838. The SMILES string of the molecule is Cc1noc(CCNc2nc[nH]c(=O)c2Cl)n1. The van der Waals surface area contributed by atoms with Crippen LogP contribution in [0.2, 0.25) is 5.02 Å². The van der Waals surface area contributed by atoms with Crippen molar-refractivity contribution in [2.45, 2.75) is 13.3 Å². The van der Waals surface area contributed by atoms with Gasteiger partial charge in [-0.1, -0.05) is 16.8 Å². The molecule has 0 bridgehead atoms. The summed E-state index contributed by atoms with van der Waals surface area (Å²) in [6.07, 6.45) is 1.82. The Kier molecular flexibility index (Phi) is 3.38. The van der Waals surface area contributed by atoms with Crippen molar-refractivity contribution in [3.05, 3.63) is 33.4 Å². The van der Waals surface area contributed by atoms with Gasteiger partial charge in [0.15, 0.2) is 11.6 Å². The van der Waals surface area contributed by atoms with Gasteiger partial charge in [-0.25, -0.2) is 4.98 Å². The fraction of sp³-hybridized carbons (Fsp3) is 0.333. The van der Waals surface area contributed by atoms with Crippen LogP contribution in [0.5, 0.6) is 0 Å². The van der Waals surface area contributed by atoms with E-state index in [1.807, 2.05) is 0 Å². The van der Waals surface area contributed by atoms with Crippen LogP contribution in [0.3, 0.4) is 0 Å². The van der Waals surface area contributed by atoms with Gasteiger partial charge in [0.05, 0.1) is 6.33 Å². The van der Waals surface area contributed by atoms with E-state index in [4.69, 9.17) is 16.1 Å². The minimum atomic E-state index is -0.377. The monoisotopic (exact) mass is 255 g/mol. The molecule has 0 aliphatic heterocycles. The highest BCUT2D eigenvalue weighted by molar-refractivity contribution is 6.32. The Morgan fingerprint density at radius 1 is 1.59 bits per heavy atom. The third-order valence-electron chi connectivity index (χ3n) is 2.00. The van der Waals surface area contributed by atoms with Crippen LogP contribution < -0.4 is 10.9 Å². The van der Waals surface area contributed by atoms with E-state index in [1.165, 1.54) is 6.33 Å². The van der Waals surface area contributed by atoms with Crippen molar-refractivity contribution in [2.75, 3.05) is 11.9 Å². The van der Waals surface area contributed by atoms with Crippen LogP contribution in [0.15, 0.2) is 15.6 Å². The van der Waals surface area contributed by atoms with E-state index in [9.17, 15) is 4.79 Å². The Morgan fingerprint density at radius 2 is 2.41 bits per heavy atom. The molecule has 2 heterocycles. The van der Waals surface area contributed by atoms with E-state index >= 15 is 0 Å². The lowest BCUT2D eigenvalue weighted by Gasteiger charge is -2.03. The van der Waals surface area contributed by atoms with Crippen LogP contribution >= 0.6 is 11.6 Å². The maximum atomic E-state index is 11.2. The zero-order chi connectivity index (χ0) is 12.3. The largest absolute Gasteiger partial charge is 0.368 e. The number of hydrogen-bond acceptors (Lipinski definition) is 6. The second-order valence-electron chi connectivity index (χ2n) is 3.31. The molecule has 90 valence electrons. The lowest BCUT2D eigenvalue weighted by Crippen LogP contribution is -2.13. The minimum Gasteiger partial charge on any atom is -0.368 e. The minimum absolute atomic E-state index is 0.0363. The number of aromatic nitrogens is 4. The van der Waals surface area contributed by atoms with E-state index in [0.29, 0.717) is 30.5 Å². The molecule has 0 fully saturated rings. The summed E-state index contributed by atoms with van der Waals surface area (Å²) in [6.45, 7) is 2.24. The predicted molar refractivity (Wildman–Crippen MR) is 61.1 cm³/mol. The molecule has 2 aromatic rings. The van der Waals surface area contributed by atoms with Gasteiger partial charge in [0.25, 0.3) is 5.56 Å². The highest BCUT2D eigenvalue weighted by Crippen LogP contribution is 2.11. The lowest BCUT2D eigenvalue weighted by molar-refractivity contribution is 0.377. The third-order valence-corrected chi connectivity index (χ3v) is 2.35. The number of aryl methyl sites for hydroxylation is 1. The van der Waals surface area contributed by atoms with Crippen LogP contribution in [-0.2, 0) is 6.42 Å². The van der Waals surface area contributed by atoms with E-state index in [2.05, 4.69) is 25.4 Å². The molecule has 17 heavy (non-hydrogen) atoms. The van der Waals surface area contributed by atoms with Crippen molar-refractivity contribution < 1.29 is 4.52 Å². The van der Waals surface area contributed by atoms with Gasteiger partial charge in [-0.3, -0.25) is 4.79 Å². The van der Waals surface area contributed by atoms with Gasteiger partial charge in [-0.2, -0.15) is 4.98 Å². The second kappa shape index (κ2) is 4.96. The number of nitrogens with one attached hydrogen (secondary N) is 2. The Balaban J connectivity index is 1.94. The van der Waals surface area contributed by atoms with E-state index < -0.39 is 0 Å². The first-order chi connectivity index (χ1) is 8.16. The summed E-state index contributed by atoms with van der Waals surface area (Å²) in [5, 5.41) is 6.62. The van der Waals surface area contributed by atoms with Gasteiger partial charge < -0.3 is 14.8 Å². The summed E-state index contributed by atoms with van der Waals surface area (Å²) in [6, 6.07) is 0. The topological polar surface area (TPSA) is 96.7 Å². The summed E-state index contributed by atoms with van der Waals surface area (Å²) in [5.41, 5.74) is -0.377. The van der Waals surface area contributed by atoms with Crippen LogP contribution in [0.4, 0.5) is 5.82 Å². The van der Waals surface area contributed by atoms with Gasteiger partial charge in [0.2, 0.25) is 5.89 Å². The molecule has 0 unspecified atom stereocenters. The lowest BCUT2D eigenvalue weighted by atomic mass is 10.4. The molecular formula is C9H10ClN5O2. The Hall–Kier alpha value is -1.89. The second-order valence-corrected chi connectivity index (χ2v) is 3.68. The van der Waals surface area contributed by atoms with Gasteiger partial charge in [0, 0.05) is 13.0 Å². The number of anilines is 1. The van der Waals surface area contributed by atoms with Crippen LogP contribution in [-0.4, -0.2) is 26.7 Å². The van der Waals surface area contributed by atoms with Gasteiger partial charge in [0.1, 0.15) is 5.02 Å². The smallest absolute Gasteiger partial charge is 0.271 e. The molecule has 0 aromatic carbocycles. The number of aromatic amines is 1. The molecular weight excluding hydrogens is 246 g/mol. The zero-order valence-electron chi connectivity index (χ0n) is 9.03. The highest BCUT2D eigenvalue weighted by atomic mass is 35.5. The number of hydrogen-bond donors (Lipinski definition) is 2. The van der Waals surface area contributed by atoms with Crippen LogP contribution in [0.25, 0.3) is 0 Å². The summed E-state index contributed by atoms with van der Waals surface area (Å²) < 4.78 is 4.93. The molecule has 0 saturated carbocycles. The number of H-pyrrole nitrogens is 1. The van der Waals surface area contributed by atoms with E-state index in [-0.39, 0.29) is 10.6 Å². The fourth-order valence-corrected chi connectivity index (χ4v) is 1.41. The third kappa shape index (κ3) is 2.82. The van der Waals surface area contributed by atoms with E-state index in [1.54, 1.807) is 6.92 Å². The molecule has 0 saturated heterocycles. The molecule has 2 rings (SSSR count). The standard InChI is InChI=1S/C9H10ClN5O2/c1-5-14-6(17-15-5)2-3-11-8-7(10)9(16)13-4-12-8/h4H,2-3H2,1H3,(H2,11,12,13,16). The van der Waals surface area contributed by atoms with Gasteiger partial charge >= 0.3 is 0 Å². The maximum absolute atomic E-state index is 11.2. The number of rotatable bonds is 4.